The first-order valence-corrected chi connectivity index (χ1v) is 19.4. The van der Waals surface area contributed by atoms with Gasteiger partial charge in [0.15, 0.2) is 0 Å². The van der Waals surface area contributed by atoms with Crippen LogP contribution in [0.3, 0.4) is 0 Å². The Labute approximate surface area is 293 Å². The van der Waals surface area contributed by atoms with Gasteiger partial charge in [-0.15, -0.1) is 0 Å². The first kappa shape index (κ1) is 37.7. The first-order chi connectivity index (χ1) is 22.2. The number of piperidine rings is 2. The second-order valence-corrected chi connectivity index (χ2v) is 19.4. The van der Waals surface area contributed by atoms with Crippen LogP contribution < -0.4 is 9.80 Å². The highest BCUT2D eigenvalue weighted by molar-refractivity contribution is 5.41. The molecule has 1 aromatic rings. The lowest BCUT2D eigenvalue weighted by molar-refractivity contribution is -0.310. The third kappa shape index (κ3) is 8.32. The van der Waals surface area contributed by atoms with Crippen LogP contribution in [-0.2, 0) is 15.1 Å². The van der Waals surface area contributed by atoms with Crippen molar-refractivity contribution in [2.24, 2.45) is 0 Å². The Balaban J connectivity index is 1.38. The molecule has 0 atom stereocenters. The van der Waals surface area contributed by atoms with E-state index in [4.69, 9.17) is 24.6 Å². The topological polar surface area (TPSA) is 70.1 Å². The van der Waals surface area contributed by atoms with Crippen LogP contribution in [0, 0.1) is 0 Å². The van der Waals surface area contributed by atoms with Crippen LogP contribution in [0.2, 0.25) is 0 Å². The molecule has 0 N–H and O–H groups in total. The second-order valence-electron chi connectivity index (χ2n) is 19.4. The summed E-state index contributed by atoms with van der Waals surface area (Å²) in [6.45, 7) is 25.4. The maximum absolute atomic E-state index is 6.82. The third-order valence-corrected chi connectivity index (χ3v) is 11.8. The van der Waals surface area contributed by atoms with E-state index in [-0.39, 0.29) is 39.7 Å². The molecule has 0 unspecified atom stereocenters. The molecule has 9 heteroatoms. The van der Waals surface area contributed by atoms with E-state index in [2.05, 4.69) is 110 Å². The van der Waals surface area contributed by atoms with Crippen LogP contribution in [-0.4, -0.2) is 85.6 Å². The minimum Gasteiger partial charge on any atom is -0.341 e. The lowest BCUT2D eigenvalue weighted by Crippen LogP contribution is -2.65. The Morgan fingerprint density at radius 3 is 1.15 bits per heavy atom. The molecular weight excluding hydrogens is 598 g/mol. The molecule has 48 heavy (non-hydrogen) atoms. The second kappa shape index (κ2) is 13.9. The van der Waals surface area contributed by atoms with Crippen LogP contribution in [0.15, 0.2) is 0 Å². The van der Waals surface area contributed by atoms with Crippen molar-refractivity contribution in [2.45, 2.75) is 218 Å². The predicted molar refractivity (Wildman–Crippen MR) is 197 cm³/mol. The fraction of sp³-hybridized carbons (Fsp3) is 0.923. The molecule has 4 fully saturated rings. The van der Waals surface area contributed by atoms with Crippen molar-refractivity contribution in [3.63, 3.8) is 0 Å². The zero-order chi connectivity index (χ0) is 35.3. The van der Waals surface area contributed by atoms with Crippen LogP contribution >= 0.6 is 0 Å². The quantitative estimate of drug-likeness (QED) is 0.271. The number of aromatic nitrogens is 3. The van der Waals surface area contributed by atoms with Gasteiger partial charge < -0.3 is 9.80 Å². The van der Waals surface area contributed by atoms with Gasteiger partial charge in [0.05, 0.1) is 12.2 Å². The first-order valence-electron chi connectivity index (χ1n) is 19.4. The SMILES string of the molecule is CN(c1nc(N(C)C2CC(C)(C)N(OC3CCCCC3)C(C)(C)C2)nc(C(C)(C)C)n1)C1CC(C)(C)N(OC2CCCCC2)C(C)(C)C1. The molecule has 0 bridgehead atoms. The van der Waals surface area contributed by atoms with E-state index in [9.17, 15) is 0 Å². The number of hydrogen-bond acceptors (Lipinski definition) is 9. The molecule has 2 aliphatic carbocycles. The summed E-state index contributed by atoms with van der Waals surface area (Å²) in [5, 5.41) is 4.70. The summed E-state index contributed by atoms with van der Waals surface area (Å²) in [6.07, 6.45) is 17.0. The normalized spacial score (nSPS) is 26.4. The summed E-state index contributed by atoms with van der Waals surface area (Å²) in [5.74, 6) is 2.38. The number of rotatable bonds is 8. The molecule has 3 heterocycles. The van der Waals surface area contributed by atoms with Crippen molar-refractivity contribution in [3.8, 4) is 0 Å². The molecule has 1 aromatic heterocycles. The number of hydrogen-bond donors (Lipinski definition) is 0. The summed E-state index contributed by atoms with van der Waals surface area (Å²) in [6, 6.07) is 0.542. The fourth-order valence-corrected chi connectivity index (χ4v) is 9.51. The third-order valence-electron chi connectivity index (χ3n) is 11.8. The Kier molecular flexibility index (Phi) is 10.9. The largest absolute Gasteiger partial charge is 0.341 e. The Morgan fingerprint density at radius 1 is 0.542 bits per heavy atom. The molecule has 2 aliphatic heterocycles. The molecule has 5 rings (SSSR count). The lowest BCUT2D eigenvalue weighted by Gasteiger charge is -2.56. The molecule has 2 saturated heterocycles. The van der Waals surface area contributed by atoms with Gasteiger partial charge in [-0.25, -0.2) is 0 Å². The van der Waals surface area contributed by atoms with Crippen LogP contribution in [0.4, 0.5) is 11.9 Å². The molecule has 9 nitrogen and oxygen atoms in total. The van der Waals surface area contributed by atoms with Crippen molar-refractivity contribution < 1.29 is 9.68 Å². The van der Waals surface area contributed by atoms with E-state index < -0.39 is 0 Å². The van der Waals surface area contributed by atoms with Gasteiger partial charge in [0.2, 0.25) is 11.9 Å². The van der Waals surface area contributed by atoms with Gasteiger partial charge in [0, 0.05) is 53.7 Å². The smallest absolute Gasteiger partial charge is 0.230 e. The Hall–Kier alpha value is -1.55. The molecule has 4 aliphatic rings. The number of nitrogens with zero attached hydrogens (tertiary/aromatic N) is 7. The van der Waals surface area contributed by atoms with E-state index in [1.165, 1.54) is 64.2 Å². The van der Waals surface area contributed by atoms with E-state index in [0.717, 1.165) is 43.4 Å². The maximum Gasteiger partial charge on any atom is 0.230 e. The average molecular weight is 670 g/mol. The van der Waals surface area contributed by atoms with Crippen LogP contribution in [0.5, 0.6) is 0 Å². The molecule has 274 valence electrons. The zero-order valence-electron chi connectivity index (χ0n) is 33.2. The molecule has 0 radical (unpaired) electrons. The highest BCUT2D eigenvalue weighted by atomic mass is 16.7. The summed E-state index contributed by atoms with van der Waals surface area (Å²) in [7, 11) is 4.38. The van der Waals surface area contributed by atoms with Crippen molar-refractivity contribution in [1.82, 2.24) is 25.1 Å². The van der Waals surface area contributed by atoms with Crippen molar-refractivity contribution >= 4 is 11.9 Å². The molecule has 0 aromatic carbocycles. The fourth-order valence-electron chi connectivity index (χ4n) is 9.51. The Morgan fingerprint density at radius 2 is 0.854 bits per heavy atom. The van der Waals surface area contributed by atoms with Gasteiger partial charge in [-0.05, 0) is 107 Å². The van der Waals surface area contributed by atoms with Gasteiger partial charge >= 0.3 is 0 Å². The lowest BCUT2D eigenvalue weighted by atomic mass is 9.78. The van der Waals surface area contributed by atoms with Crippen molar-refractivity contribution in [2.75, 3.05) is 23.9 Å². The summed E-state index contributed by atoms with van der Waals surface area (Å²) >= 11 is 0. The molecule has 0 spiro atoms. The number of anilines is 2. The maximum atomic E-state index is 6.82. The standard InChI is InChI=1S/C39H71N7O2/c1-35(2,3)32-40-33(43(12)28-24-36(4,5)45(37(6,7)25-28)47-30-20-16-14-17-21-30)42-34(41-32)44(13)29-26-38(8,9)46(39(10,11)27-29)48-31-22-18-15-19-23-31/h28-31H,14-27H2,1-13H3. The average Bonchev–Trinajstić information content (AvgIpc) is 2.99. The van der Waals surface area contributed by atoms with E-state index in [1.807, 2.05) is 0 Å². The highest BCUT2D eigenvalue weighted by Gasteiger charge is 2.50. The van der Waals surface area contributed by atoms with Gasteiger partial charge in [-0.2, -0.15) is 25.1 Å². The summed E-state index contributed by atoms with van der Waals surface area (Å²) in [5.41, 5.74) is -0.699. The predicted octanol–water partition coefficient (Wildman–Crippen LogP) is 8.61. The Bertz CT molecular complexity index is 1110. The van der Waals surface area contributed by atoms with Gasteiger partial charge in [0.1, 0.15) is 5.82 Å². The van der Waals surface area contributed by atoms with Crippen molar-refractivity contribution in [1.29, 1.82) is 0 Å². The van der Waals surface area contributed by atoms with Gasteiger partial charge in [-0.3, -0.25) is 9.68 Å². The molecular formula is C39H71N7O2. The molecule has 0 amide bonds. The van der Waals surface area contributed by atoms with Crippen LogP contribution in [0.25, 0.3) is 0 Å². The van der Waals surface area contributed by atoms with Crippen molar-refractivity contribution in [3.05, 3.63) is 5.82 Å². The summed E-state index contributed by atoms with van der Waals surface area (Å²) in [4.78, 5) is 33.9. The minimum absolute atomic E-state index is 0.123. The monoisotopic (exact) mass is 670 g/mol. The van der Waals surface area contributed by atoms with Gasteiger partial charge in [-0.1, -0.05) is 59.3 Å². The van der Waals surface area contributed by atoms with Crippen LogP contribution in [0.1, 0.15) is 172 Å². The molecule has 2 saturated carbocycles. The van der Waals surface area contributed by atoms with E-state index in [0.29, 0.717) is 12.2 Å². The zero-order valence-corrected chi connectivity index (χ0v) is 33.2. The van der Waals surface area contributed by atoms with Gasteiger partial charge in [0.25, 0.3) is 0 Å². The van der Waals surface area contributed by atoms with E-state index in [1.54, 1.807) is 0 Å². The number of hydroxylamine groups is 4. The van der Waals surface area contributed by atoms with E-state index >= 15 is 0 Å². The highest BCUT2D eigenvalue weighted by Crippen LogP contribution is 2.44. The minimum atomic E-state index is -0.209. The summed E-state index contributed by atoms with van der Waals surface area (Å²) < 4.78 is 0.